The Bertz CT molecular complexity index is 723. The van der Waals surface area contributed by atoms with Crippen molar-refractivity contribution in [2.75, 3.05) is 5.32 Å². The second-order valence-corrected chi connectivity index (χ2v) is 6.07. The van der Waals surface area contributed by atoms with Crippen molar-refractivity contribution < 1.29 is 0 Å². The van der Waals surface area contributed by atoms with Crippen LogP contribution in [0.5, 0.6) is 0 Å². The monoisotopic (exact) mass is 344 g/mol. The molecule has 2 heterocycles. The van der Waals surface area contributed by atoms with Gasteiger partial charge in [-0.25, -0.2) is 4.52 Å². The molecule has 1 atom stereocenters. The molecule has 3 aromatic rings. The minimum atomic E-state index is 0.325. The summed E-state index contributed by atoms with van der Waals surface area (Å²) in [5.74, 6) is 0.675. The van der Waals surface area contributed by atoms with Crippen LogP contribution in [0.4, 0.5) is 5.95 Å². The second-order valence-electron chi connectivity index (χ2n) is 5.16. The molecule has 1 N–H and O–H groups in total. The van der Waals surface area contributed by atoms with Gasteiger partial charge in [0.25, 0.3) is 0 Å². The van der Waals surface area contributed by atoms with Crippen LogP contribution in [0.3, 0.4) is 0 Å². The number of nitrogens with zero attached hydrogens (tertiary/aromatic N) is 3. The lowest BCUT2D eigenvalue weighted by Gasteiger charge is -2.11. The number of benzene rings is 1. The molecule has 0 bridgehead atoms. The van der Waals surface area contributed by atoms with Crippen LogP contribution in [0, 0.1) is 0 Å². The molecule has 1 aromatic carbocycles. The number of hydrogen-bond acceptors (Lipinski definition) is 3. The van der Waals surface area contributed by atoms with E-state index in [1.807, 2.05) is 24.4 Å². The zero-order chi connectivity index (χ0) is 14.7. The van der Waals surface area contributed by atoms with Crippen LogP contribution in [-0.2, 0) is 6.42 Å². The molecule has 5 heteroatoms. The van der Waals surface area contributed by atoms with E-state index in [0.29, 0.717) is 12.0 Å². The Labute approximate surface area is 132 Å². The Balaban J connectivity index is 1.62. The standard InChI is InChI=1S/C16H17BrN4/c1-12(7-8-13-5-3-2-4-6-13)18-16-19-15-10-9-14(17)11-21(15)20-16/h2-6,9-12H,7-8H2,1H3,(H,18,20). The average Bonchev–Trinajstić information content (AvgIpc) is 2.87. The van der Waals surface area contributed by atoms with Crippen molar-refractivity contribution in [3.05, 3.63) is 58.7 Å². The van der Waals surface area contributed by atoms with Gasteiger partial charge in [-0.1, -0.05) is 30.3 Å². The first-order chi connectivity index (χ1) is 10.2. The first kappa shape index (κ1) is 14.1. The van der Waals surface area contributed by atoms with Crippen LogP contribution >= 0.6 is 15.9 Å². The van der Waals surface area contributed by atoms with Crippen molar-refractivity contribution in [3.63, 3.8) is 0 Å². The van der Waals surface area contributed by atoms with Crippen LogP contribution in [0.1, 0.15) is 18.9 Å². The summed E-state index contributed by atoms with van der Waals surface area (Å²) in [5, 5.41) is 7.80. The molecule has 0 amide bonds. The van der Waals surface area contributed by atoms with E-state index in [4.69, 9.17) is 0 Å². The van der Waals surface area contributed by atoms with Crippen LogP contribution < -0.4 is 5.32 Å². The van der Waals surface area contributed by atoms with Crippen LogP contribution in [0.25, 0.3) is 5.65 Å². The molecule has 108 valence electrons. The number of aromatic nitrogens is 3. The van der Waals surface area contributed by atoms with E-state index < -0.39 is 0 Å². The minimum Gasteiger partial charge on any atom is -0.350 e. The third-order valence-electron chi connectivity index (χ3n) is 3.38. The number of pyridine rings is 1. The Hall–Kier alpha value is -1.88. The van der Waals surface area contributed by atoms with Gasteiger partial charge in [-0.05, 0) is 53.4 Å². The lowest BCUT2D eigenvalue weighted by Crippen LogP contribution is -2.17. The normalized spacial score (nSPS) is 12.5. The molecule has 0 aliphatic heterocycles. The summed E-state index contributed by atoms with van der Waals surface area (Å²) in [6.45, 7) is 2.16. The Morgan fingerprint density at radius 3 is 2.81 bits per heavy atom. The van der Waals surface area contributed by atoms with Gasteiger partial charge in [0.1, 0.15) is 0 Å². The van der Waals surface area contributed by atoms with Gasteiger partial charge in [0.05, 0.1) is 0 Å². The maximum atomic E-state index is 4.47. The molecule has 4 nitrogen and oxygen atoms in total. The van der Waals surface area contributed by atoms with E-state index in [9.17, 15) is 0 Å². The van der Waals surface area contributed by atoms with E-state index in [0.717, 1.165) is 23.0 Å². The maximum Gasteiger partial charge on any atom is 0.243 e. The number of rotatable bonds is 5. The summed E-state index contributed by atoms with van der Waals surface area (Å²) in [5.41, 5.74) is 2.20. The van der Waals surface area contributed by atoms with E-state index >= 15 is 0 Å². The fourth-order valence-electron chi connectivity index (χ4n) is 2.24. The highest BCUT2D eigenvalue weighted by atomic mass is 79.9. The topological polar surface area (TPSA) is 42.2 Å². The number of nitrogens with one attached hydrogen (secondary N) is 1. The Kier molecular flexibility index (Phi) is 4.20. The minimum absolute atomic E-state index is 0.325. The van der Waals surface area contributed by atoms with Gasteiger partial charge < -0.3 is 5.32 Å². The molecule has 0 radical (unpaired) electrons. The molecule has 0 fully saturated rings. The van der Waals surface area contributed by atoms with Crippen LogP contribution in [-0.4, -0.2) is 20.6 Å². The molecular formula is C16H17BrN4. The highest BCUT2D eigenvalue weighted by Crippen LogP contribution is 2.13. The fraction of sp³-hybridized carbons (Fsp3) is 0.250. The zero-order valence-electron chi connectivity index (χ0n) is 11.8. The SMILES string of the molecule is CC(CCc1ccccc1)Nc1nc2ccc(Br)cn2n1. The van der Waals surface area contributed by atoms with Crippen LogP contribution in [0.15, 0.2) is 53.1 Å². The largest absolute Gasteiger partial charge is 0.350 e. The van der Waals surface area contributed by atoms with Crippen molar-refractivity contribution >= 4 is 27.5 Å². The summed E-state index contributed by atoms with van der Waals surface area (Å²) in [4.78, 5) is 4.47. The van der Waals surface area contributed by atoms with Crippen molar-refractivity contribution in [1.29, 1.82) is 0 Å². The lowest BCUT2D eigenvalue weighted by molar-refractivity contribution is 0.698. The molecule has 0 aliphatic rings. The quantitative estimate of drug-likeness (QED) is 0.762. The second kappa shape index (κ2) is 6.26. The Morgan fingerprint density at radius 1 is 1.19 bits per heavy atom. The summed E-state index contributed by atoms with van der Waals surface area (Å²) in [6.07, 6.45) is 4.00. The smallest absolute Gasteiger partial charge is 0.243 e. The van der Waals surface area contributed by atoms with E-state index in [1.54, 1.807) is 4.52 Å². The third-order valence-corrected chi connectivity index (χ3v) is 3.85. The molecule has 21 heavy (non-hydrogen) atoms. The summed E-state index contributed by atoms with van der Waals surface area (Å²) in [6, 6.07) is 14.8. The molecule has 3 rings (SSSR count). The highest BCUT2D eigenvalue weighted by molar-refractivity contribution is 9.10. The molecule has 1 unspecified atom stereocenters. The molecule has 2 aromatic heterocycles. The number of hydrogen-bond donors (Lipinski definition) is 1. The molecular weight excluding hydrogens is 328 g/mol. The first-order valence-corrected chi connectivity index (χ1v) is 7.82. The van der Waals surface area contributed by atoms with Gasteiger partial charge >= 0.3 is 0 Å². The van der Waals surface area contributed by atoms with E-state index in [1.165, 1.54) is 5.56 Å². The van der Waals surface area contributed by atoms with Crippen LogP contribution in [0.2, 0.25) is 0 Å². The number of aryl methyl sites for hydroxylation is 1. The summed E-state index contributed by atoms with van der Waals surface area (Å²) < 4.78 is 2.76. The predicted octanol–water partition coefficient (Wildman–Crippen LogP) is 3.93. The van der Waals surface area contributed by atoms with Crippen molar-refractivity contribution in [1.82, 2.24) is 14.6 Å². The van der Waals surface area contributed by atoms with Gasteiger partial charge in [0.2, 0.25) is 5.95 Å². The third kappa shape index (κ3) is 3.61. The van der Waals surface area contributed by atoms with E-state index in [2.05, 4.69) is 62.5 Å². The molecule has 0 aliphatic carbocycles. The first-order valence-electron chi connectivity index (χ1n) is 7.03. The van der Waals surface area contributed by atoms with Crippen molar-refractivity contribution in [3.8, 4) is 0 Å². The summed E-state index contributed by atoms with van der Waals surface area (Å²) >= 11 is 3.43. The fourth-order valence-corrected chi connectivity index (χ4v) is 2.57. The van der Waals surface area contributed by atoms with Crippen molar-refractivity contribution in [2.45, 2.75) is 25.8 Å². The molecule has 0 spiro atoms. The predicted molar refractivity (Wildman–Crippen MR) is 88.5 cm³/mol. The van der Waals surface area contributed by atoms with Gasteiger partial charge in [-0.2, -0.15) is 4.98 Å². The van der Waals surface area contributed by atoms with Gasteiger partial charge in [0, 0.05) is 16.7 Å². The van der Waals surface area contributed by atoms with E-state index in [-0.39, 0.29) is 0 Å². The zero-order valence-corrected chi connectivity index (χ0v) is 13.4. The molecule has 0 saturated heterocycles. The van der Waals surface area contributed by atoms with Gasteiger partial charge in [-0.15, -0.1) is 5.10 Å². The number of halogens is 1. The number of fused-ring (bicyclic) bond motifs is 1. The average molecular weight is 345 g/mol. The summed E-state index contributed by atoms with van der Waals surface area (Å²) in [7, 11) is 0. The highest BCUT2D eigenvalue weighted by Gasteiger charge is 2.08. The maximum absolute atomic E-state index is 4.47. The van der Waals surface area contributed by atoms with Gasteiger partial charge in [-0.3, -0.25) is 0 Å². The Morgan fingerprint density at radius 2 is 2.00 bits per heavy atom. The lowest BCUT2D eigenvalue weighted by atomic mass is 10.1. The van der Waals surface area contributed by atoms with Crippen molar-refractivity contribution in [2.24, 2.45) is 0 Å². The van der Waals surface area contributed by atoms with Gasteiger partial charge in [0.15, 0.2) is 5.65 Å². The molecule has 0 saturated carbocycles. The number of anilines is 1.